The van der Waals surface area contributed by atoms with Crippen molar-refractivity contribution in [3.63, 3.8) is 0 Å². The summed E-state index contributed by atoms with van der Waals surface area (Å²) in [5, 5.41) is 15.7. The number of amides is 1. The molecule has 188 valence electrons. The van der Waals surface area contributed by atoms with E-state index >= 15 is 0 Å². The summed E-state index contributed by atoms with van der Waals surface area (Å²) in [6.45, 7) is 12.2. The Hall–Kier alpha value is -3.86. The summed E-state index contributed by atoms with van der Waals surface area (Å²) >= 11 is 0. The van der Waals surface area contributed by atoms with E-state index in [-0.39, 0.29) is 16.9 Å². The lowest BCUT2D eigenvalue weighted by Crippen LogP contribution is -2.36. The predicted molar refractivity (Wildman–Crippen MR) is 134 cm³/mol. The van der Waals surface area contributed by atoms with E-state index in [1.165, 1.54) is 17.1 Å². The summed E-state index contributed by atoms with van der Waals surface area (Å²) in [6.07, 6.45) is 3.31. The molecule has 0 saturated carbocycles. The number of ether oxygens (including phenoxy) is 1. The van der Waals surface area contributed by atoms with Crippen molar-refractivity contribution in [2.45, 2.75) is 40.2 Å². The largest absolute Gasteiger partial charge is 0.378 e. The number of pyridine rings is 1. The summed E-state index contributed by atoms with van der Waals surface area (Å²) in [6, 6.07) is 4.97. The van der Waals surface area contributed by atoms with Crippen LogP contribution in [-0.4, -0.2) is 61.8 Å². The molecule has 0 bridgehead atoms. The molecule has 1 saturated heterocycles. The fraction of sp³-hybridized carbons (Fsp3) is 0.400. The van der Waals surface area contributed by atoms with Gasteiger partial charge in [0.2, 0.25) is 0 Å². The van der Waals surface area contributed by atoms with Crippen LogP contribution in [-0.2, 0) is 10.3 Å². The van der Waals surface area contributed by atoms with Gasteiger partial charge in [-0.1, -0.05) is 0 Å². The van der Waals surface area contributed by atoms with Crippen molar-refractivity contribution in [3.05, 3.63) is 53.4 Å². The quantitative estimate of drug-likeness (QED) is 0.464. The first-order valence-electron chi connectivity index (χ1n) is 11.8. The fourth-order valence-corrected chi connectivity index (χ4v) is 4.24. The van der Waals surface area contributed by atoms with Gasteiger partial charge in [-0.2, -0.15) is 15.0 Å². The average molecular weight is 493 g/mol. The minimum absolute atomic E-state index is 0.0799. The molecular weight excluding hydrogens is 463 g/mol. The van der Waals surface area contributed by atoms with Crippen molar-refractivity contribution >= 4 is 23.1 Å². The highest BCUT2D eigenvalue weighted by Gasteiger charge is 2.22. The molecule has 0 radical (unpaired) electrons. The van der Waals surface area contributed by atoms with Gasteiger partial charge in [0, 0.05) is 24.8 Å². The van der Waals surface area contributed by atoms with E-state index in [0.717, 1.165) is 35.6 Å². The van der Waals surface area contributed by atoms with Crippen molar-refractivity contribution < 1.29 is 13.9 Å². The summed E-state index contributed by atoms with van der Waals surface area (Å²) in [5.74, 6) is -0.296. The smallest absolute Gasteiger partial charge is 0.259 e. The Balaban J connectivity index is 1.54. The number of nitrogens with one attached hydrogen (secondary N) is 1. The van der Waals surface area contributed by atoms with Gasteiger partial charge in [-0.3, -0.25) is 4.79 Å². The highest BCUT2D eigenvalue weighted by molar-refractivity contribution is 6.04. The van der Waals surface area contributed by atoms with Gasteiger partial charge in [-0.05, 0) is 63.9 Å². The number of carbonyl (C=O) groups excluding carboxylic acids is 1. The summed E-state index contributed by atoms with van der Waals surface area (Å²) in [4.78, 5) is 21.4. The van der Waals surface area contributed by atoms with E-state index < -0.39 is 11.7 Å². The lowest BCUT2D eigenvalue weighted by molar-refractivity contribution is 0.102. The van der Waals surface area contributed by atoms with Gasteiger partial charge in [-0.25, -0.2) is 13.9 Å². The molecule has 0 atom stereocenters. The van der Waals surface area contributed by atoms with Crippen molar-refractivity contribution in [3.8, 4) is 11.1 Å². The van der Waals surface area contributed by atoms with E-state index in [1.54, 1.807) is 10.6 Å². The summed E-state index contributed by atoms with van der Waals surface area (Å²) in [7, 11) is 0. The Morgan fingerprint density at radius 1 is 1.11 bits per heavy atom. The highest BCUT2D eigenvalue weighted by Crippen LogP contribution is 2.32. The van der Waals surface area contributed by atoms with Gasteiger partial charge in [0.05, 0.1) is 36.2 Å². The van der Waals surface area contributed by atoms with Crippen molar-refractivity contribution in [1.82, 2.24) is 29.6 Å². The van der Waals surface area contributed by atoms with Gasteiger partial charge in [-0.15, -0.1) is 5.10 Å². The number of aryl methyl sites for hydroxylation is 2. The zero-order valence-electron chi connectivity index (χ0n) is 21.0. The van der Waals surface area contributed by atoms with Crippen molar-refractivity contribution in [2.75, 3.05) is 36.5 Å². The monoisotopic (exact) mass is 492 g/mol. The van der Waals surface area contributed by atoms with Crippen molar-refractivity contribution in [1.29, 1.82) is 0 Å². The van der Waals surface area contributed by atoms with Crippen LogP contribution in [0.5, 0.6) is 0 Å². The number of anilines is 2. The molecular formula is C25H29FN8O2. The predicted octanol–water partition coefficient (Wildman–Crippen LogP) is 3.59. The second-order valence-electron chi connectivity index (χ2n) is 9.93. The minimum atomic E-state index is -0.608. The standard InChI is InChI=1S/C25H29FN8O2/c1-15-10-20(26)19(24(35)29-22-13-27-34(31-22)25(3,4)5)12-18(15)17-11-21(32-6-8-36-9-7-32)23-28-16(2)30-33(23)14-17/h10-14H,6-9H2,1-5H3,(H,29,31,35). The second kappa shape index (κ2) is 8.98. The first-order chi connectivity index (χ1) is 17.1. The number of halogens is 1. The number of rotatable bonds is 4. The van der Waals surface area contributed by atoms with Crippen LogP contribution >= 0.6 is 0 Å². The molecule has 11 heteroatoms. The van der Waals surface area contributed by atoms with E-state index in [0.29, 0.717) is 24.6 Å². The molecule has 1 amide bonds. The van der Waals surface area contributed by atoms with Crippen LogP contribution in [0.15, 0.2) is 30.6 Å². The van der Waals surface area contributed by atoms with E-state index in [9.17, 15) is 9.18 Å². The van der Waals surface area contributed by atoms with Gasteiger partial charge in [0.15, 0.2) is 11.5 Å². The number of carbonyl (C=O) groups is 1. The first kappa shape index (κ1) is 23.9. The number of benzene rings is 1. The molecule has 1 N–H and O–H groups in total. The minimum Gasteiger partial charge on any atom is -0.378 e. The molecule has 4 heterocycles. The number of nitrogens with zero attached hydrogens (tertiary/aromatic N) is 7. The molecule has 36 heavy (non-hydrogen) atoms. The molecule has 10 nitrogen and oxygen atoms in total. The zero-order chi connectivity index (χ0) is 25.6. The maximum absolute atomic E-state index is 15.0. The molecule has 0 unspecified atom stereocenters. The lowest BCUT2D eigenvalue weighted by atomic mass is 9.98. The normalized spacial score (nSPS) is 14.4. The van der Waals surface area contributed by atoms with Crippen LogP contribution in [0.25, 0.3) is 16.8 Å². The molecule has 1 aromatic carbocycles. The number of fused-ring (bicyclic) bond motifs is 1. The number of hydrogen-bond donors (Lipinski definition) is 1. The number of aromatic nitrogens is 6. The molecule has 3 aromatic heterocycles. The Morgan fingerprint density at radius 3 is 2.56 bits per heavy atom. The molecule has 1 aliphatic rings. The first-order valence-corrected chi connectivity index (χ1v) is 11.8. The third kappa shape index (κ3) is 4.53. The lowest BCUT2D eigenvalue weighted by Gasteiger charge is -2.29. The molecule has 0 spiro atoms. The van der Waals surface area contributed by atoms with E-state index in [2.05, 4.69) is 30.5 Å². The second-order valence-corrected chi connectivity index (χ2v) is 9.93. The topological polar surface area (TPSA) is 102 Å². The van der Waals surface area contributed by atoms with E-state index in [4.69, 9.17) is 4.74 Å². The highest BCUT2D eigenvalue weighted by atomic mass is 19.1. The molecule has 1 aliphatic heterocycles. The van der Waals surface area contributed by atoms with Crippen LogP contribution in [0, 0.1) is 19.7 Å². The Morgan fingerprint density at radius 2 is 1.86 bits per heavy atom. The zero-order valence-corrected chi connectivity index (χ0v) is 21.0. The van der Waals surface area contributed by atoms with Gasteiger partial charge < -0.3 is 15.0 Å². The Kier molecular flexibility index (Phi) is 5.95. The van der Waals surface area contributed by atoms with Crippen molar-refractivity contribution in [2.24, 2.45) is 0 Å². The molecule has 5 rings (SSSR count). The van der Waals surface area contributed by atoms with Crippen LogP contribution in [0.1, 0.15) is 42.5 Å². The van der Waals surface area contributed by atoms with E-state index in [1.807, 2.05) is 46.9 Å². The van der Waals surface area contributed by atoms with Crippen LogP contribution in [0.2, 0.25) is 0 Å². The third-order valence-corrected chi connectivity index (χ3v) is 6.07. The number of hydrogen-bond acceptors (Lipinski definition) is 7. The number of morpholine rings is 1. The van der Waals surface area contributed by atoms with Gasteiger partial charge in [0.1, 0.15) is 11.6 Å². The van der Waals surface area contributed by atoms with Crippen LogP contribution < -0.4 is 10.2 Å². The molecule has 4 aromatic rings. The summed E-state index contributed by atoms with van der Waals surface area (Å²) in [5.41, 5.74) is 3.48. The SMILES string of the molecule is Cc1nc2c(N3CCOCC3)cc(-c3cc(C(=O)Nc4cnn(C(C)(C)C)n4)c(F)cc3C)cn2n1. The molecule has 1 fully saturated rings. The summed E-state index contributed by atoms with van der Waals surface area (Å²) < 4.78 is 22.2. The average Bonchev–Trinajstić information content (AvgIpc) is 3.44. The Bertz CT molecular complexity index is 1450. The fourth-order valence-electron chi connectivity index (χ4n) is 4.24. The molecule has 0 aliphatic carbocycles. The Labute approximate surface area is 208 Å². The van der Waals surface area contributed by atoms with Gasteiger partial charge in [0.25, 0.3) is 5.91 Å². The maximum atomic E-state index is 15.0. The van der Waals surface area contributed by atoms with Crippen LogP contribution in [0.4, 0.5) is 15.9 Å². The third-order valence-electron chi connectivity index (χ3n) is 6.07. The van der Waals surface area contributed by atoms with Gasteiger partial charge >= 0.3 is 0 Å². The van der Waals surface area contributed by atoms with Crippen LogP contribution in [0.3, 0.4) is 0 Å². The maximum Gasteiger partial charge on any atom is 0.259 e.